The van der Waals surface area contributed by atoms with Gasteiger partial charge in [0.1, 0.15) is 18.0 Å². The Hall–Kier alpha value is -4.94. The third kappa shape index (κ3) is 6.82. The zero-order valence-corrected chi connectivity index (χ0v) is 25.8. The number of nitrogens with one attached hydrogen (secondary N) is 2. The first kappa shape index (κ1) is 32.5. The number of aromatic nitrogens is 1. The molecule has 2 aliphatic rings. The lowest BCUT2D eigenvalue weighted by molar-refractivity contribution is -0.186. The number of carbonyl (C=O) groups is 4. The quantitative estimate of drug-likeness (QED) is 0.378. The Bertz CT molecular complexity index is 1700. The first-order valence-electron chi connectivity index (χ1n) is 14.6. The zero-order valence-electron chi connectivity index (χ0n) is 25.8. The minimum Gasteiger partial charge on any atom is -0.444 e. The van der Waals surface area contributed by atoms with E-state index in [-0.39, 0.29) is 12.5 Å². The van der Waals surface area contributed by atoms with Crippen LogP contribution in [0.2, 0.25) is 0 Å². The molecule has 1 spiro atoms. The van der Waals surface area contributed by atoms with E-state index < -0.39 is 48.2 Å². The normalized spacial score (nSPS) is 16.8. The lowest BCUT2D eigenvalue weighted by atomic mass is 9.79. The average Bonchev–Trinajstić information content (AvgIpc) is 3.48. The summed E-state index contributed by atoms with van der Waals surface area (Å²) >= 11 is 0. The second-order valence-corrected chi connectivity index (χ2v) is 12.6. The van der Waals surface area contributed by atoms with Crippen LogP contribution in [0.25, 0.3) is 0 Å². The first-order chi connectivity index (χ1) is 21.6. The van der Waals surface area contributed by atoms with Crippen LogP contribution in [0.5, 0.6) is 0 Å². The summed E-state index contributed by atoms with van der Waals surface area (Å²) in [4.78, 5) is 57.0. The van der Waals surface area contributed by atoms with Crippen LogP contribution in [-0.4, -0.2) is 64.0 Å². The number of amides is 4. The molecule has 0 fully saturated rings. The molecule has 0 unspecified atom stereocenters. The number of carbonyl (C=O) groups excluding carboxylic acids is 4. The Morgan fingerprint density at radius 1 is 0.978 bits per heavy atom. The van der Waals surface area contributed by atoms with E-state index in [9.17, 15) is 32.3 Å². The van der Waals surface area contributed by atoms with Crippen LogP contribution in [-0.2, 0) is 50.5 Å². The largest absolute Gasteiger partial charge is 0.471 e. The van der Waals surface area contributed by atoms with Crippen molar-refractivity contribution in [1.29, 1.82) is 0 Å². The number of hydrogen-bond donors (Lipinski definition) is 2. The molecule has 0 bridgehead atoms. The van der Waals surface area contributed by atoms with E-state index >= 15 is 0 Å². The lowest BCUT2D eigenvalue weighted by Crippen LogP contribution is -2.44. The van der Waals surface area contributed by atoms with Gasteiger partial charge in [-0.2, -0.15) is 13.2 Å². The van der Waals surface area contributed by atoms with Gasteiger partial charge in [0.25, 0.3) is 0 Å². The molecular formula is C33H34F3N5O5. The lowest BCUT2D eigenvalue weighted by Gasteiger charge is -2.27. The Morgan fingerprint density at radius 3 is 2.33 bits per heavy atom. The van der Waals surface area contributed by atoms with Crippen molar-refractivity contribution in [3.8, 4) is 0 Å². The maximum Gasteiger partial charge on any atom is 0.471 e. The van der Waals surface area contributed by atoms with Crippen LogP contribution in [0.4, 0.5) is 29.5 Å². The van der Waals surface area contributed by atoms with E-state index in [4.69, 9.17) is 4.74 Å². The second kappa shape index (κ2) is 12.1. The predicted octanol–water partition coefficient (Wildman–Crippen LogP) is 4.97. The zero-order chi connectivity index (χ0) is 33.4. The Balaban J connectivity index is 1.30. The highest BCUT2D eigenvalue weighted by Gasteiger charge is 2.51. The number of ether oxygens (including phenoxy) is 1. The molecule has 13 heteroatoms. The molecule has 5 rings (SSSR count). The molecule has 46 heavy (non-hydrogen) atoms. The van der Waals surface area contributed by atoms with Crippen LogP contribution in [0.1, 0.15) is 48.6 Å². The molecule has 1 aromatic heterocycles. The summed E-state index contributed by atoms with van der Waals surface area (Å²) < 4.78 is 46.3. The van der Waals surface area contributed by atoms with Crippen LogP contribution >= 0.6 is 0 Å². The van der Waals surface area contributed by atoms with Crippen LogP contribution in [0, 0.1) is 0 Å². The van der Waals surface area contributed by atoms with Crippen molar-refractivity contribution >= 4 is 35.3 Å². The second-order valence-electron chi connectivity index (χ2n) is 12.6. The number of alkyl halides is 3. The molecule has 1 aliphatic heterocycles. The van der Waals surface area contributed by atoms with Gasteiger partial charge < -0.3 is 25.2 Å². The average molecular weight is 638 g/mol. The van der Waals surface area contributed by atoms with Crippen molar-refractivity contribution in [1.82, 2.24) is 14.8 Å². The van der Waals surface area contributed by atoms with Gasteiger partial charge in [-0.3, -0.25) is 14.4 Å². The Kier molecular flexibility index (Phi) is 8.54. The number of hydrogen-bond acceptors (Lipinski definition) is 6. The van der Waals surface area contributed by atoms with Gasteiger partial charge in [0.05, 0.1) is 5.41 Å². The highest BCUT2D eigenvalue weighted by molar-refractivity contribution is 6.06. The van der Waals surface area contributed by atoms with Crippen molar-refractivity contribution in [3.05, 3.63) is 88.6 Å². The van der Waals surface area contributed by atoms with Crippen molar-refractivity contribution in [2.75, 3.05) is 24.2 Å². The molecule has 0 saturated heterocycles. The van der Waals surface area contributed by atoms with Gasteiger partial charge in [0, 0.05) is 37.6 Å². The highest BCUT2D eigenvalue weighted by atomic mass is 19.4. The molecule has 3 aromatic rings. The third-order valence-corrected chi connectivity index (χ3v) is 7.92. The number of halogens is 3. The van der Waals surface area contributed by atoms with Crippen molar-refractivity contribution < 1.29 is 37.1 Å². The van der Waals surface area contributed by atoms with Gasteiger partial charge >= 0.3 is 18.2 Å². The molecule has 4 amide bonds. The fourth-order valence-corrected chi connectivity index (χ4v) is 5.83. The van der Waals surface area contributed by atoms with E-state index in [1.165, 1.54) is 18.0 Å². The summed E-state index contributed by atoms with van der Waals surface area (Å²) in [5.41, 5.74) is 2.08. The maximum absolute atomic E-state index is 13.7. The number of benzene rings is 2. The van der Waals surface area contributed by atoms with Crippen molar-refractivity contribution in [2.45, 2.75) is 63.9 Å². The monoisotopic (exact) mass is 637 g/mol. The summed E-state index contributed by atoms with van der Waals surface area (Å²) in [6.07, 6.45) is -3.44. The molecule has 1 aliphatic carbocycles. The summed E-state index contributed by atoms with van der Waals surface area (Å²) in [5.74, 6) is -2.65. The molecule has 242 valence electrons. The fourth-order valence-electron chi connectivity index (χ4n) is 5.83. The molecule has 10 nitrogen and oxygen atoms in total. The highest BCUT2D eigenvalue weighted by Crippen LogP contribution is 2.47. The number of rotatable bonds is 7. The predicted molar refractivity (Wildman–Crippen MR) is 163 cm³/mol. The summed E-state index contributed by atoms with van der Waals surface area (Å²) in [6, 6.07) is 15.1. The van der Waals surface area contributed by atoms with Crippen LogP contribution in [0.3, 0.4) is 0 Å². The minimum atomic E-state index is -5.22. The van der Waals surface area contributed by atoms with E-state index in [1.807, 2.05) is 6.07 Å². The van der Waals surface area contributed by atoms with Crippen molar-refractivity contribution in [3.63, 3.8) is 0 Å². The molecular weight excluding hydrogens is 603 g/mol. The fraction of sp³-hybridized carbons (Fsp3) is 0.364. The molecule has 0 saturated carbocycles. The topological polar surface area (TPSA) is 121 Å². The van der Waals surface area contributed by atoms with E-state index in [0.717, 1.165) is 16.7 Å². The van der Waals surface area contributed by atoms with E-state index in [0.29, 0.717) is 40.4 Å². The van der Waals surface area contributed by atoms with Crippen molar-refractivity contribution in [2.24, 2.45) is 0 Å². The number of anilines is 2. The van der Waals surface area contributed by atoms with E-state index in [2.05, 4.69) is 15.6 Å². The number of nitrogens with zero attached hydrogens (tertiary/aromatic N) is 3. The molecule has 1 atom stereocenters. The van der Waals surface area contributed by atoms with Gasteiger partial charge in [0.15, 0.2) is 0 Å². The van der Waals surface area contributed by atoms with Gasteiger partial charge in [-0.05, 0) is 74.1 Å². The number of pyridine rings is 1. The minimum absolute atomic E-state index is 0.000504. The summed E-state index contributed by atoms with van der Waals surface area (Å²) in [7, 11) is 1.49. The first-order valence-corrected chi connectivity index (χ1v) is 14.6. The Labute approximate surface area is 263 Å². The van der Waals surface area contributed by atoms with Gasteiger partial charge in [-0.1, -0.05) is 36.4 Å². The van der Waals surface area contributed by atoms with Crippen LogP contribution in [0.15, 0.2) is 60.8 Å². The summed E-state index contributed by atoms with van der Waals surface area (Å²) in [5, 5.41) is 5.43. The summed E-state index contributed by atoms with van der Waals surface area (Å²) in [6.45, 7) is 3.73. The maximum atomic E-state index is 13.7. The molecule has 0 radical (unpaired) electrons. The smallest absolute Gasteiger partial charge is 0.444 e. The third-order valence-electron chi connectivity index (χ3n) is 7.92. The van der Waals surface area contributed by atoms with E-state index in [1.54, 1.807) is 69.4 Å². The number of fused-ring (bicyclic) bond motifs is 3. The molecule has 2 heterocycles. The SMILES string of the molecule is CN(Cc1ccccc1CN(CC(=O)Nc1ccc2c(c1)C[C@@]1(C2)C(=O)Nc2ncccc21)C(=O)C(F)(F)F)C(=O)OC(C)(C)C. The molecule has 2 aromatic carbocycles. The standard InChI is InChI=1S/C33H34F3N5O5/c1-31(2,3)46-30(45)40(4)17-21-8-5-6-9-22(21)18-41(29(44)33(34,35)36)19-26(42)38-24-12-11-20-15-32(16-23(20)14-24)25-10-7-13-37-27(25)39-28(32)43/h5-14H,15-19H2,1-4H3,(H,38,42)(H,37,39,43)/t32-/m1/s1. The van der Waals surface area contributed by atoms with Gasteiger partial charge in [-0.25, -0.2) is 9.78 Å². The van der Waals surface area contributed by atoms with Crippen LogP contribution < -0.4 is 10.6 Å². The molecule has 2 N–H and O–H groups in total. The Morgan fingerprint density at radius 2 is 1.65 bits per heavy atom. The van der Waals surface area contributed by atoms with Gasteiger partial charge in [0.2, 0.25) is 11.8 Å². The van der Waals surface area contributed by atoms with Gasteiger partial charge in [-0.15, -0.1) is 0 Å².